The van der Waals surface area contributed by atoms with Gasteiger partial charge in [-0.3, -0.25) is 0 Å². The van der Waals surface area contributed by atoms with E-state index in [-0.39, 0.29) is 9.92 Å². The van der Waals surface area contributed by atoms with Gasteiger partial charge in [0.1, 0.15) is 10.7 Å². The third-order valence-electron chi connectivity index (χ3n) is 3.87. The first-order valence-corrected chi connectivity index (χ1v) is 7.96. The number of nitrogens with zero attached hydrogens (tertiary/aromatic N) is 1. The molecule has 0 aromatic heterocycles. The molecule has 19 heavy (non-hydrogen) atoms. The Bertz CT molecular complexity index is 596. The molecule has 0 radical (unpaired) electrons. The lowest BCUT2D eigenvalue weighted by Gasteiger charge is -2.18. The van der Waals surface area contributed by atoms with Crippen molar-refractivity contribution in [2.24, 2.45) is 11.8 Å². The van der Waals surface area contributed by atoms with Crippen molar-refractivity contribution in [1.29, 1.82) is 0 Å². The fourth-order valence-electron chi connectivity index (χ4n) is 2.82. The van der Waals surface area contributed by atoms with Gasteiger partial charge in [-0.1, -0.05) is 11.6 Å². The fourth-order valence-corrected chi connectivity index (χ4v) is 4.86. The third-order valence-corrected chi connectivity index (χ3v) is 6.18. The summed E-state index contributed by atoms with van der Waals surface area (Å²) in [5.74, 6) is 0.105. The van der Waals surface area contributed by atoms with E-state index in [1.807, 2.05) is 0 Å². The van der Waals surface area contributed by atoms with Crippen LogP contribution in [0.2, 0.25) is 5.02 Å². The van der Waals surface area contributed by atoms with Crippen LogP contribution in [0.4, 0.5) is 4.39 Å². The smallest absolute Gasteiger partial charge is 0.244 e. The second-order valence-corrected chi connectivity index (χ2v) is 7.39. The first kappa shape index (κ1) is 13.3. The lowest BCUT2D eigenvalue weighted by molar-refractivity contribution is 0.447. The van der Waals surface area contributed by atoms with Crippen LogP contribution >= 0.6 is 11.6 Å². The molecular formula is C12H14ClFN2O2S. The molecule has 7 heteroatoms. The normalized spacial score (nSPS) is 27.7. The highest BCUT2D eigenvalue weighted by Crippen LogP contribution is 2.33. The van der Waals surface area contributed by atoms with Gasteiger partial charge in [-0.15, -0.1) is 0 Å². The van der Waals surface area contributed by atoms with Crippen molar-refractivity contribution < 1.29 is 12.8 Å². The molecule has 4 nitrogen and oxygen atoms in total. The maximum absolute atomic E-state index is 13.2. The van der Waals surface area contributed by atoms with Gasteiger partial charge < -0.3 is 5.32 Å². The van der Waals surface area contributed by atoms with E-state index in [1.54, 1.807) is 0 Å². The van der Waals surface area contributed by atoms with Gasteiger partial charge in [0, 0.05) is 13.1 Å². The number of fused-ring (bicyclic) bond motifs is 1. The Balaban J connectivity index is 1.93. The van der Waals surface area contributed by atoms with Crippen LogP contribution in [-0.4, -0.2) is 38.9 Å². The summed E-state index contributed by atoms with van der Waals surface area (Å²) in [6.45, 7) is 2.64. The van der Waals surface area contributed by atoms with Crippen molar-refractivity contribution in [1.82, 2.24) is 9.62 Å². The molecule has 2 fully saturated rings. The summed E-state index contributed by atoms with van der Waals surface area (Å²) in [6.07, 6.45) is 0. The summed E-state index contributed by atoms with van der Waals surface area (Å²) < 4.78 is 39.7. The standard InChI is InChI=1S/C12H14ClFN2O2S/c13-11-2-1-10(14)3-12(11)19(17,18)16-6-8-4-15-5-9(8)7-16/h1-3,8-9,15H,4-7H2. The highest BCUT2D eigenvalue weighted by atomic mass is 35.5. The molecule has 2 aliphatic heterocycles. The van der Waals surface area contributed by atoms with Crippen LogP contribution < -0.4 is 5.32 Å². The summed E-state index contributed by atoms with van der Waals surface area (Å²) in [4.78, 5) is -0.137. The number of hydrogen-bond donors (Lipinski definition) is 1. The number of nitrogens with one attached hydrogen (secondary N) is 1. The average Bonchev–Trinajstić information content (AvgIpc) is 2.92. The second kappa shape index (κ2) is 4.70. The van der Waals surface area contributed by atoms with Crippen molar-refractivity contribution in [3.8, 4) is 0 Å². The molecule has 0 saturated carbocycles. The second-order valence-electron chi connectivity index (χ2n) is 5.08. The van der Waals surface area contributed by atoms with Gasteiger partial charge in [0.25, 0.3) is 0 Å². The van der Waals surface area contributed by atoms with Crippen molar-refractivity contribution in [3.63, 3.8) is 0 Å². The SMILES string of the molecule is O=S(=O)(c1cc(F)ccc1Cl)N1CC2CNCC2C1. The molecular weight excluding hydrogens is 291 g/mol. The maximum Gasteiger partial charge on any atom is 0.244 e. The average molecular weight is 305 g/mol. The Morgan fingerprint density at radius 2 is 1.89 bits per heavy atom. The molecule has 2 unspecified atom stereocenters. The van der Waals surface area contributed by atoms with Crippen molar-refractivity contribution >= 4 is 21.6 Å². The van der Waals surface area contributed by atoms with E-state index < -0.39 is 15.8 Å². The minimum absolute atomic E-state index is 0.0663. The number of benzene rings is 1. The summed E-state index contributed by atoms with van der Waals surface area (Å²) in [5, 5.41) is 3.32. The third kappa shape index (κ3) is 2.27. The monoisotopic (exact) mass is 304 g/mol. The zero-order valence-corrected chi connectivity index (χ0v) is 11.7. The summed E-state index contributed by atoms with van der Waals surface area (Å²) >= 11 is 5.89. The molecule has 0 aliphatic carbocycles. The minimum Gasteiger partial charge on any atom is -0.316 e. The van der Waals surface area contributed by atoms with E-state index in [0.717, 1.165) is 25.2 Å². The first-order valence-electron chi connectivity index (χ1n) is 6.14. The van der Waals surface area contributed by atoms with E-state index in [9.17, 15) is 12.8 Å². The number of halogens is 2. The van der Waals surface area contributed by atoms with E-state index in [4.69, 9.17) is 11.6 Å². The van der Waals surface area contributed by atoms with E-state index in [1.165, 1.54) is 10.4 Å². The molecule has 2 aliphatic rings. The van der Waals surface area contributed by atoms with Crippen LogP contribution in [0.5, 0.6) is 0 Å². The number of hydrogen-bond acceptors (Lipinski definition) is 3. The zero-order valence-electron chi connectivity index (χ0n) is 10.1. The van der Waals surface area contributed by atoms with Crippen LogP contribution in [0.1, 0.15) is 0 Å². The molecule has 104 valence electrons. The van der Waals surface area contributed by atoms with Gasteiger partial charge in [0.2, 0.25) is 10.0 Å². The fraction of sp³-hybridized carbons (Fsp3) is 0.500. The molecule has 2 atom stereocenters. The maximum atomic E-state index is 13.2. The summed E-state index contributed by atoms with van der Waals surface area (Å²) in [5.41, 5.74) is 0. The Morgan fingerprint density at radius 3 is 2.53 bits per heavy atom. The van der Waals surface area contributed by atoms with Gasteiger partial charge in [-0.2, -0.15) is 4.31 Å². The molecule has 3 rings (SSSR count). The molecule has 2 saturated heterocycles. The van der Waals surface area contributed by atoms with Crippen LogP contribution in [0.3, 0.4) is 0 Å². The van der Waals surface area contributed by atoms with Gasteiger partial charge in [0.15, 0.2) is 0 Å². The Morgan fingerprint density at radius 1 is 1.26 bits per heavy atom. The van der Waals surface area contributed by atoms with Crippen LogP contribution in [-0.2, 0) is 10.0 Å². The largest absolute Gasteiger partial charge is 0.316 e. The highest BCUT2D eigenvalue weighted by molar-refractivity contribution is 7.89. The number of rotatable bonds is 2. The summed E-state index contributed by atoms with van der Waals surface area (Å²) in [7, 11) is -3.70. The topological polar surface area (TPSA) is 49.4 Å². The number of sulfonamides is 1. The molecule has 1 aromatic carbocycles. The van der Waals surface area contributed by atoms with Crippen molar-refractivity contribution in [2.45, 2.75) is 4.90 Å². The quantitative estimate of drug-likeness (QED) is 0.896. The zero-order chi connectivity index (χ0) is 13.6. The predicted octanol–water partition coefficient (Wildman–Crippen LogP) is 1.32. The van der Waals surface area contributed by atoms with Crippen LogP contribution in [0.25, 0.3) is 0 Å². The highest BCUT2D eigenvalue weighted by Gasteiger charge is 2.42. The van der Waals surface area contributed by atoms with Gasteiger partial charge in [-0.25, -0.2) is 12.8 Å². The van der Waals surface area contributed by atoms with Gasteiger partial charge in [-0.05, 0) is 43.1 Å². The molecule has 1 aromatic rings. The predicted molar refractivity (Wildman–Crippen MR) is 70.0 cm³/mol. The molecule has 0 spiro atoms. The molecule has 0 amide bonds. The first-order chi connectivity index (χ1) is 8.98. The van der Waals surface area contributed by atoms with E-state index in [2.05, 4.69) is 5.32 Å². The van der Waals surface area contributed by atoms with Crippen LogP contribution in [0, 0.1) is 17.7 Å². The lowest BCUT2D eigenvalue weighted by atomic mass is 10.0. The molecule has 2 heterocycles. The Labute approximate surface area is 116 Å². The minimum atomic E-state index is -3.70. The Kier molecular flexibility index (Phi) is 3.29. The van der Waals surface area contributed by atoms with Crippen molar-refractivity contribution in [3.05, 3.63) is 29.0 Å². The lowest BCUT2D eigenvalue weighted by Crippen LogP contribution is -2.32. The van der Waals surface area contributed by atoms with E-state index >= 15 is 0 Å². The van der Waals surface area contributed by atoms with E-state index in [0.29, 0.717) is 24.9 Å². The molecule has 1 N–H and O–H groups in total. The van der Waals surface area contributed by atoms with Crippen LogP contribution in [0.15, 0.2) is 23.1 Å². The van der Waals surface area contributed by atoms with Crippen molar-refractivity contribution in [2.75, 3.05) is 26.2 Å². The molecule has 0 bridgehead atoms. The van der Waals surface area contributed by atoms with Gasteiger partial charge >= 0.3 is 0 Å². The summed E-state index contributed by atoms with van der Waals surface area (Å²) in [6, 6.07) is 3.43. The van der Waals surface area contributed by atoms with Gasteiger partial charge in [0.05, 0.1) is 5.02 Å². The Hall–Kier alpha value is -0.690.